The molecule has 1 amide bonds. The highest BCUT2D eigenvalue weighted by molar-refractivity contribution is 7.13. The van der Waals surface area contributed by atoms with E-state index in [-0.39, 0.29) is 5.91 Å². The Morgan fingerprint density at radius 1 is 1.11 bits per heavy atom. The zero-order valence-electron chi connectivity index (χ0n) is 21.8. The third kappa shape index (κ3) is 6.00. The lowest BCUT2D eigenvalue weighted by molar-refractivity contribution is 0.0948. The molecule has 0 saturated heterocycles. The number of thiazole rings is 1. The molecule has 0 spiro atoms. The van der Waals surface area contributed by atoms with Crippen LogP contribution < -0.4 is 14.8 Å². The summed E-state index contributed by atoms with van der Waals surface area (Å²) in [6.07, 6.45) is 0.747. The van der Waals surface area contributed by atoms with Gasteiger partial charge in [-0.1, -0.05) is 49.7 Å². The fraction of sp³-hybridized carbons (Fsp3) is 0.310. The highest BCUT2D eigenvalue weighted by Gasteiger charge is 2.21. The Morgan fingerprint density at radius 2 is 1.86 bits per heavy atom. The van der Waals surface area contributed by atoms with Gasteiger partial charge in [-0.15, -0.1) is 11.3 Å². The van der Waals surface area contributed by atoms with E-state index in [1.165, 1.54) is 0 Å². The molecule has 0 aliphatic rings. The summed E-state index contributed by atoms with van der Waals surface area (Å²) < 4.78 is 13.0. The number of nitrogens with zero attached hydrogens (tertiary/aromatic N) is 2. The third-order valence-electron chi connectivity index (χ3n) is 6.22. The summed E-state index contributed by atoms with van der Waals surface area (Å²) >= 11 is 7.97. The average Bonchev–Trinajstić information content (AvgIpc) is 3.50. The predicted molar refractivity (Wildman–Crippen MR) is 151 cm³/mol. The minimum Gasteiger partial charge on any atom is -0.493 e. The number of rotatable bonds is 10. The van der Waals surface area contributed by atoms with Crippen molar-refractivity contribution in [1.29, 1.82) is 0 Å². The fourth-order valence-electron chi connectivity index (χ4n) is 4.19. The third-order valence-corrected chi connectivity index (χ3v) is 7.43. The van der Waals surface area contributed by atoms with Gasteiger partial charge in [-0.3, -0.25) is 4.79 Å². The van der Waals surface area contributed by atoms with Gasteiger partial charge in [-0.2, -0.15) is 0 Å². The molecule has 0 aliphatic heterocycles. The second-order valence-corrected chi connectivity index (χ2v) is 10.5. The fourth-order valence-corrected chi connectivity index (χ4v) is 5.33. The van der Waals surface area contributed by atoms with Gasteiger partial charge in [0.1, 0.15) is 5.01 Å². The zero-order valence-corrected chi connectivity index (χ0v) is 23.4. The monoisotopic (exact) mass is 537 g/mol. The largest absolute Gasteiger partial charge is 0.493 e. The Kier molecular flexibility index (Phi) is 8.56. The van der Waals surface area contributed by atoms with Gasteiger partial charge in [0.25, 0.3) is 5.91 Å². The highest BCUT2D eigenvalue weighted by Crippen LogP contribution is 2.35. The van der Waals surface area contributed by atoms with Gasteiger partial charge in [-0.05, 0) is 49.1 Å². The maximum Gasteiger partial charge on any atom is 0.253 e. The number of aryl methyl sites for hydroxylation is 1. The molecule has 0 unspecified atom stereocenters. The van der Waals surface area contributed by atoms with Gasteiger partial charge in [-0.25, -0.2) is 4.98 Å². The SMILES string of the molecule is COc1ccc(CCn2c(-c3csc(-c4ccccc4Cl)n3)cc(C(=O)NCC(C)C)c2C)cc1OC. The molecule has 6 nitrogen and oxygen atoms in total. The summed E-state index contributed by atoms with van der Waals surface area (Å²) in [4.78, 5) is 18.0. The van der Waals surface area contributed by atoms with Gasteiger partial charge in [0.15, 0.2) is 11.5 Å². The summed E-state index contributed by atoms with van der Waals surface area (Å²) in [5.74, 6) is 1.69. The van der Waals surface area contributed by atoms with Crippen LogP contribution in [0.2, 0.25) is 5.02 Å². The summed E-state index contributed by atoms with van der Waals surface area (Å²) in [7, 11) is 3.26. The van der Waals surface area contributed by atoms with E-state index in [9.17, 15) is 4.79 Å². The summed E-state index contributed by atoms with van der Waals surface area (Å²) in [5, 5.41) is 6.59. The van der Waals surface area contributed by atoms with Crippen molar-refractivity contribution >= 4 is 28.8 Å². The van der Waals surface area contributed by atoms with Crippen molar-refractivity contribution in [2.24, 2.45) is 5.92 Å². The number of hydrogen-bond acceptors (Lipinski definition) is 5. The molecular weight excluding hydrogens is 506 g/mol. The van der Waals surface area contributed by atoms with Crippen molar-refractivity contribution in [3.8, 4) is 33.5 Å². The first-order valence-corrected chi connectivity index (χ1v) is 13.5. The van der Waals surface area contributed by atoms with E-state index < -0.39 is 0 Å². The lowest BCUT2D eigenvalue weighted by Gasteiger charge is -2.13. The van der Waals surface area contributed by atoms with Crippen LogP contribution >= 0.6 is 22.9 Å². The second kappa shape index (κ2) is 11.8. The molecule has 8 heteroatoms. The van der Waals surface area contributed by atoms with Crippen molar-refractivity contribution < 1.29 is 14.3 Å². The quantitative estimate of drug-likeness (QED) is 0.239. The zero-order chi connectivity index (χ0) is 26.5. The molecule has 0 atom stereocenters. The normalized spacial score (nSPS) is 11.1. The molecule has 0 radical (unpaired) electrons. The summed E-state index contributed by atoms with van der Waals surface area (Å²) in [6.45, 7) is 7.45. The maximum absolute atomic E-state index is 13.1. The first kappa shape index (κ1) is 26.8. The molecule has 1 N–H and O–H groups in total. The number of ether oxygens (including phenoxy) is 2. The van der Waals surface area contributed by atoms with Crippen molar-refractivity contribution in [3.05, 3.63) is 75.8 Å². The minimum atomic E-state index is -0.0705. The van der Waals surface area contributed by atoms with Crippen molar-refractivity contribution in [2.75, 3.05) is 20.8 Å². The standard InChI is InChI=1S/C29H32ClN3O3S/c1-18(2)16-31-28(34)22-15-25(24-17-37-29(32-24)21-8-6-7-9-23(21)30)33(19(22)3)13-12-20-10-11-26(35-4)27(14-20)36-5/h6-11,14-15,17-18H,12-13,16H2,1-5H3,(H,31,34). The van der Waals surface area contributed by atoms with Crippen LogP contribution in [0.5, 0.6) is 11.5 Å². The van der Waals surface area contributed by atoms with E-state index in [2.05, 4.69) is 23.7 Å². The molecule has 2 heterocycles. The lowest BCUT2D eigenvalue weighted by atomic mass is 10.1. The smallest absolute Gasteiger partial charge is 0.253 e. The van der Waals surface area contributed by atoms with Crippen molar-refractivity contribution in [3.63, 3.8) is 0 Å². The summed E-state index contributed by atoms with van der Waals surface area (Å²) in [6, 6.07) is 15.6. The van der Waals surface area contributed by atoms with Gasteiger partial charge in [0.2, 0.25) is 0 Å². The number of carbonyl (C=O) groups is 1. The van der Waals surface area contributed by atoms with Gasteiger partial charge >= 0.3 is 0 Å². The van der Waals surface area contributed by atoms with Crippen LogP contribution in [0.4, 0.5) is 0 Å². The van der Waals surface area contributed by atoms with E-state index >= 15 is 0 Å². The molecule has 0 saturated carbocycles. The van der Waals surface area contributed by atoms with Crippen LogP contribution in [-0.4, -0.2) is 36.2 Å². The average molecular weight is 538 g/mol. The van der Waals surface area contributed by atoms with Crippen LogP contribution in [0.1, 0.15) is 35.5 Å². The first-order valence-electron chi connectivity index (χ1n) is 12.2. The van der Waals surface area contributed by atoms with Crippen LogP contribution in [-0.2, 0) is 13.0 Å². The topological polar surface area (TPSA) is 65.4 Å². The number of carbonyl (C=O) groups excluding carboxylic acids is 1. The van der Waals surface area contributed by atoms with E-state index in [4.69, 9.17) is 26.1 Å². The molecule has 0 fully saturated rings. The Bertz CT molecular complexity index is 1390. The number of amides is 1. The van der Waals surface area contributed by atoms with Gasteiger partial charge in [0, 0.05) is 29.7 Å². The Hall–Kier alpha value is -3.29. The van der Waals surface area contributed by atoms with Gasteiger partial charge < -0.3 is 19.4 Å². The number of nitrogens with one attached hydrogen (secondary N) is 1. The molecule has 2 aromatic carbocycles. The second-order valence-electron chi connectivity index (χ2n) is 9.24. The number of halogens is 1. The van der Waals surface area contributed by atoms with E-state index in [1.807, 2.05) is 60.8 Å². The van der Waals surface area contributed by atoms with Crippen LogP contribution in [0.25, 0.3) is 22.0 Å². The number of benzene rings is 2. The van der Waals surface area contributed by atoms with E-state index in [0.717, 1.165) is 39.6 Å². The minimum absolute atomic E-state index is 0.0705. The molecule has 4 rings (SSSR count). The predicted octanol–water partition coefficient (Wildman–Crippen LogP) is 6.89. The first-order chi connectivity index (χ1) is 17.8. The lowest BCUT2D eigenvalue weighted by Crippen LogP contribution is -2.27. The highest BCUT2D eigenvalue weighted by atomic mass is 35.5. The Balaban J connectivity index is 1.69. The Morgan fingerprint density at radius 3 is 2.57 bits per heavy atom. The molecule has 4 aromatic rings. The number of hydrogen-bond donors (Lipinski definition) is 1. The molecule has 194 valence electrons. The molecule has 37 heavy (non-hydrogen) atoms. The van der Waals surface area contributed by atoms with Crippen LogP contribution in [0, 0.1) is 12.8 Å². The van der Waals surface area contributed by atoms with Crippen molar-refractivity contribution in [1.82, 2.24) is 14.9 Å². The van der Waals surface area contributed by atoms with Crippen molar-refractivity contribution in [2.45, 2.75) is 33.7 Å². The molecule has 0 aliphatic carbocycles. The number of aromatic nitrogens is 2. The van der Waals surface area contributed by atoms with Gasteiger partial charge in [0.05, 0.1) is 36.2 Å². The summed E-state index contributed by atoms with van der Waals surface area (Å²) in [5.41, 5.74) is 5.30. The number of methoxy groups -OCH3 is 2. The molecule has 2 aromatic heterocycles. The van der Waals surface area contributed by atoms with Crippen LogP contribution in [0.3, 0.4) is 0 Å². The Labute approximate surface area is 227 Å². The van der Waals surface area contributed by atoms with E-state index in [0.29, 0.717) is 41.1 Å². The molecular formula is C29H32ClN3O3S. The van der Waals surface area contributed by atoms with Crippen LogP contribution in [0.15, 0.2) is 53.9 Å². The van der Waals surface area contributed by atoms with E-state index in [1.54, 1.807) is 25.6 Å². The molecule has 0 bridgehead atoms. The maximum atomic E-state index is 13.1.